The van der Waals surface area contributed by atoms with Gasteiger partial charge in [-0.25, -0.2) is 0 Å². The van der Waals surface area contributed by atoms with Crippen LogP contribution in [0.5, 0.6) is 0 Å². The normalized spacial score (nSPS) is 14.9. The van der Waals surface area contributed by atoms with E-state index >= 15 is 0 Å². The maximum absolute atomic E-state index is 4.46. The quantitative estimate of drug-likeness (QED) is 0.910. The second-order valence-electron chi connectivity index (χ2n) is 5.62. The van der Waals surface area contributed by atoms with Gasteiger partial charge in [0, 0.05) is 31.4 Å². The molecule has 1 aromatic carbocycles. The SMILES string of the molecule is Cc1ccc(CNC2CC2)c(-c2cn(C)nc2C)c1. The molecule has 0 unspecified atom stereocenters. The molecule has 1 N–H and O–H groups in total. The van der Waals surface area contributed by atoms with Crippen LogP contribution in [0.2, 0.25) is 0 Å². The number of hydrogen-bond donors (Lipinski definition) is 1. The largest absolute Gasteiger partial charge is 0.310 e. The number of benzene rings is 1. The minimum atomic E-state index is 0.740. The van der Waals surface area contributed by atoms with E-state index in [1.54, 1.807) is 0 Å². The minimum absolute atomic E-state index is 0.740. The van der Waals surface area contributed by atoms with E-state index in [9.17, 15) is 0 Å². The van der Waals surface area contributed by atoms with Crippen LogP contribution in [0.3, 0.4) is 0 Å². The Morgan fingerprint density at radius 3 is 2.68 bits per heavy atom. The van der Waals surface area contributed by atoms with E-state index in [0.29, 0.717) is 0 Å². The molecule has 0 amide bonds. The third-order valence-corrected chi connectivity index (χ3v) is 3.73. The zero-order chi connectivity index (χ0) is 13.4. The summed E-state index contributed by atoms with van der Waals surface area (Å²) in [5.74, 6) is 0. The number of nitrogens with one attached hydrogen (secondary N) is 1. The van der Waals surface area contributed by atoms with Crippen molar-refractivity contribution in [1.82, 2.24) is 15.1 Å². The number of nitrogens with zero attached hydrogens (tertiary/aromatic N) is 2. The van der Waals surface area contributed by atoms with E-state index in [4.69, 9.17) is 0 Å². The van der Waals surface area contributed by atoms with Crippen LogP contribution in [0.25, 0.3) is 11.1 Å². The molecule has 1 fully saturated rings. The monoisotopic (exact) mass is 255 g/mol. The molecular formula is C16H21N3. The second kappa shape index (κ2) is 4.82. The first-order chi connectivity index (χ1) is 9.13. The molecule has 1 saturated carbocycles. The van der Waals surface area contributed by atoms with Gasteiger partial charge in [0.1, 0.15) is 0 Å². The summed E-state index contributed by atoms with van der Waals surface area (Å²) in [7, 11) is 1.98. The summed E-state index contributed by atoms with van der Waals surface area (Å²) in [4.78, 5) is 0. The maximum atomic E-state index is 4.46. The lowest BCUT2D eigenvalue weighted by atomic mass is 9.98. The van der Waals surface area contributed by atoms with Crippen molar-refractivity contribution in [1.29, 1.82) is 0 Å². The number of aryl methyl sites for hydroxylation is 3. The topological polar surface area (TPSA) is 29.9 Å². The zero-order valence-corrected chi connectivity index (χ0v) is 11.9. The average molecular weight is 255 g/mol. The van der Waals surface area contributed by atoms with Gasteiger partial charge in [0.05, 0.1) is 5.69 Å². The van der Waals surface area contributed by atoms with Crippen LogP contribution in [0.1, 0.15) is 29.7 Å². The third kappa shape index (κ3) is 2.71. The lowest BCUT2D eigenvalue weighted by molar-refractivity contribution is 0.688. The van der Waals surface area contributed by atoms with E-state index in [2.05, 4.69) is 48.7 Å². The van der Waals surface area contributed by atoms with Crippen molar-refractivity contribution in [3.63, 3.8) is 0 Å². The maximum Gasteiger partial charge on any atom is 0.0672 e. The number of hydrogen-bond acceptors (Lipinski definition) is 2. The van der Waals surface area contributed by atoms with Gasteiger partial charge >= 0.3 is 0 Å². The molecule has 0 atom stereocenters. The first kappa shape index (κ1) is 12.4. The fourth-order valence-electron chi connectivity index (χ4n) is 2.50. The van der Waals surface area contributed by atoms with Gasteiger partial charge in [-0.05, 0) is 37.8 Å². The van der Waals surface area contributed by atoms with Gasteiger partial charge in [0.25, 0.3) is 0 Å². The molecule has 1 heterocycles. The minimum Gasteiger partial charge on any atom is -0.310 e. The van der Waals surface area contributed by atoms with E-state index in [-0.39, 0.29) is 0 Å². The van der Waals surface area contributed by atoms with Crippen LogP contribution in [-0.4, -0.2) is 15.8 Å². The van der Waals surface area contributed by atoms with Crippen molar-refractivity contribution in [3.05, 3.63) is 41.2 Å². The van der Waals surface area contributed by atoms with Gasteiger partial charge < -0.3 is 5.32 Å². The van der Waals surface area contributed by atoms with Gasteiger partial charge in [-0.15, -0.1) is 0 Å². The molecule has 3 nitrogen and oxygen atoms in total. The lowest BCUT2D eigenvalue weighted by Gasteiger charge is -2.11. The Hall–Kier alpha value is -1.61. The summed E-state index contributed by atoms with van der Waals surface area (Å²) < 4.78 is 1.89. The first-order valence-electron chi connectivity index (χ1n) is 6.97. The number of rotatable bonds is 4. The zero-order valence-electron chi connectivity index (χ0n) is 11.9. The Labute approximate surface area is 114 Å². The highest BCUT2D eigenvalue weighted by atomic mass is 15.2. The lowest BCUT2D eigenvalue weighted by Crippen LogP contribution is -2.15. The van der Waals surface area contributed by atoms with Gasteiger partial charge in [0.2, 0.25) is 0 Å². The van der Waals surface area contributed by atoms with E-state index < -0.39 is 0 Å². The molecule has 3 rings (SSSR count). The molecule has 0 saturated heterocycles. The van der Waals surface area contributed by atoms with Crippen molar-refractivity contribution in [3.8, 4) is 11.1 Å². The summed E-state index contributed by atoms with van der Waals surface area (Å²) >= 11 is 0. The van der Waals surface area contributed by atoms with Gasteiger partial charge in [-0.3, -0.25) is 4.68 Å². The van der Waals surface area contributed by atoms with Crippen molar-refractivity contribution in [2.45, 2.75) is 39.3 Å². The third-order valence-electron chi connectivity index (χ3n) is 3.73. The Bertz CT molecular complexity index is 594. The summed E-state index contributed by atoms with van der Waals surface area (Å²) in [5, 5.41) is 8.06. The van der Waals surface area contributed by atoms with Crippen molar-refractivity contribution in [2.75, 3.05) is 0 Å². The van der Waals surface area contributed by atoms with Crippen LogP contribution in [0.4, 0.5) is 0 Å². The van der Waals surface area contributed by atoms with Crippen molar-refractivity contribution in [2.24, 2.45) is 7.05 Å². The Balaban J connectivity index is 1.97. The van der Waals surface area contributed by atoms with Crippen molar-refractivity contribution < 1.29 is 0 Å². The molecule has 0 radical (unpaired) electrons. The highest BCUT2D eigenvalue weighted by Gasteiger charge is 2.21. The standard InChI is InChI=1S/C16H21N3/c1-11-4-5-13(9-17-14-6-7-14)15(8-11)16-10-19(3)18-12(16)2/h4-5,8,10,14,17H,6-7,9H2,1-3H3. The molecule has 1 aromatic heterocycles. The summed E-state index contributed by atoms with van der Waals surface area (Å²) in [5.41, 5.74) is 6.33. The molecular weight excluding hydrogens is 234 g/mol. The molecule has 0 spiro atoms. The van der Waals surface area contributed by atoms with E-state index in [0.717, 1.165) is 18.3 Å². The van der Waals surface area contributed by atoms with Gasteiger partial charge in [0.15, 0.2) is 0 Å². The molecule has 3 heteroatoms. The highest BCUT2D eigenvalue weighted by molar-refractivity contribution is 5.69. The highest BCUT2D eigenvalue weighted by Crippen LogP contribution is 2.28. The predicted molar refractivity (Wildman–Crippen MR) is 78.0 cm³/mol. The van der Waals surface area contributed by atoms with Gasteiger partial charge in [-0.2, -0.15) is 5.10 Å². The van der Waals surface area contributed by atoms with E-state index in [1.807, 2.05) is 11.7 Å². The Morgan fingerprint density at radius 1 is 1.26 bits per heavy atom. The molecule has 2 aromatic rings. The van der Waals surface area contributed by atoms with E-state index in [1.165, 1.54) is 35.1 Å². The molecule has 1 aliphatic carbocycles. The molecule has 100 valence electrons. The Kier molecular flexibility index (Phi) is 3.15. The molecule has 19 heavy (non-hydrogen) atoms. The summed E-state index contributed by atoms with van der Waals surface area (Å²) in [6, 6.07) is 7.45. The second-order valence-corrected chi connectivity index (χ2v) is 5.62. The van der Waals surface area contributed by atoms with Crippen molar-refractivity contribution >= 4 is 0 Å². The smallest absolute Gasteiger partial charge is 0.0672 e. The fraction of sp³-hybridized carbons (Fsp3) is 0.438. The predicted octanol–water partition coefficient (Wildman–Crippen LogP) is 2.96. The number of aromatic nitrogens is 2. The van der Waals surface area contributed by atoms with Crippen LogP contribution in [-0.2, 0) is 13.6 Å². The molecule has 0 bridgehead atoms. The molecule has 0 aliphatic heterocycles. The first-order valence-corrected chi connectivity index (χ1v) is 6.97. The van der Waals surface area contributed by atoms with Crippen LogP contribution < -0.4 is 5.32 Å². The fourth-order valence-corrected chi connectivity index (χ4v) is 2.50. The van der Waals surface area contributed by atoms with Crippen LogP contribution >= 0.6 is 0 Å². The summed E-state index contributed by atoms with van der Waals surface area (Å²) in [6.07, 6.45) is 4.77. The Morgan fingerprint density at radius 2 is 2.05 bits per heavy atom. The van der Waals surface area contributed by atoms with Gasteiger partial charge in [-0.1, -0.05) is 23.8 Å². The van der Waals surface area contributed by atoms with Crippen LogP contribution in [0.15, 0.2) is 24.4 Å². The average Bonchev–Trinajstić information content (AvgIpc) is 3.13. The van der Waals surface area contributed by atoms with Crippen LogP contribution in [0, 0.1) is 13.8 Å². The molecule has 1 aliphatic rings. The summed E-state index contributed by atoms with van der Waals surface area (Å²) in [6.45, 7) is 5.18.